The number of nitrogens with one attached hydrogen (secondary N) is 1. The molecule has 0 bridgehead atoms. The monoisotopic (exact) mass is 411 g/mol. The van der Waals surface area contributed by atoms with Gasteiger partial charge in [0.05, 0.1) is 22.0 Å². The van der Waals surface area contributed by atoms with Gasteiger partial charge in [-0.25, -0.2) is 4.68 Å². The summed E-state index contributed by atoms with van der Waals surface area (Å²) in [7, 11) is 0. The zero-order valence-electron chi connectivity index (χ0n) is 17.8. The highest BCUT2D eigenvalue weighted by Gasteiger charge is 2.30. The second-order valence-electron chi connectivity index (χ2n) is 9.01. The van der Waals surface area contributed by atoms with Crippen LogP contribution in [0.3, 0.4) is 0 Å². The summed E-state index contributed by atoms with van der Waals surface area (Å²) >= 11 is 1.68. The minimum absolute atomic E-state index is 0.00433. The van der Waals surface area contributed by atoms with E-state index in [9.17, 15) is 4.79 Å². The molecule has 1 aliphatic heterocycles. The van der Waals surface area contributed by atoms with Crippen LogP contribution in [0.15, 0.2) is 24.3 Å². The third kappa shape index (κ3) is 4.15. The van der Waals surface area contributed by atoms with Gasteiger partial charge in [-0.15, -0.1) is 0 Å². The third-order valence-corrected chi connectivity index (χ3v) is 6.43. The van der Waals surface area contributed by atoms with E-state index in [0.29, 0.717) is 0 Å². The summed E-state index contributed by atoms with van der Waals surface area (Å²) in [5.74, 6) is 0.148. The van der Waals surface area contributed by atoms with Crippen LogP contribution in [-0.4, -0.2) is 39.3 Å². The van der Waals surface area contributed by atoms with Crippen molar-refractivity contribution in [1.82, 2.24) is 20.1 Å². The normalized spacial score (nSPS) is 17.7. The van der Waals surface area contributed by atoms with Gasteiger partial charge in [0.15, 0.2) is 10.8 Å². The highest BCUT2D eigenvalue weighted by atomic mass is 32.1. The van der Waals surface area contributed by atoms with Gasteiger partial charge < -0.3 is 10.2 Å². The number of hydrogen-bond acceptors (Lipinski definition) is 5. The molecular formula is C22H29N5OS. The molecule has 3 heterocycles. The Labute approximate surface area is 175 Å². The molecule has 0 radical (unpaired) electrons. The van der Waals surface area contributed by atoms with Crippen LogP contribution in [0.25, 0.3) is 16.0 Å². The molecule has 0 aliphatic carbocycles. The summed E-state index contributed by atoms with van der Waals surface area (Å²) in [6.07, 6.45) is 1.93. The van der Waals surface area contributed by atoms with Crippen LogP contribution in [0.5, 0.6) is 0 Å². The van der Waals surface area contributed by atoms with E-state index in [1.807, 2.05) is 32.4 Å². The van der Waals surface area contributed by atoms with Crippen molar-refractivity contribution in [1.29, 1.82) is 0 Å². The van der Waals surface area contributed by atoms with E-state index >= 15 is 0 Å². The molecule has 2 aromatic heterocycles. The van der Waals surface area contributed by atoms with E-state index in [2.05, 4.69) is 41.4 Å². The van der Waals surface area contributed by atoms with E-state index in [1.54, 1.807) is 11.3 Å². The molecule has 154 valence electrons. The predicted octanol–water partition coefficient (Wildman–Crippen LogP) is 4.23. The first-order valence-corrected chi connectivity index (χ1v) is 11.0. The summed E-state index contributed by atoms with van der Waals surface area (Å²) in [6.45, 7) is 11.8. The Kier molecular flexibility index (Phi) is 5.11. The average Bonchev–Trinajstić information content (AvgIpc) is 3.22. The van der Waals surface area contributed by atoms with Crippen molar-refractivity contribution in [2.24, 2.45) is 5.92 Å². The number of aryl methyl sites for hydroxylation is 2. The van der Waals surface area contributed by atoms with Gasteiger partial charge in [-0.2, -0.15) is 10.1 Å². The quantitative estimate of drug-likeness (QED) is 0.701. The molecule has 0 saturated carbocycles. The van der Waals surface area contributed by atoms with Crippen LogP contribution in [-0.2, 0) is 4.79 Å². The number of carbonyl (C=O) groups is 1. The molecule has 6 nitrogen and oxygen atoms in total. The molecule has 7 heteroatoms. The lowest BCUT2D eigenvalue weighted by Crippen LogP contribution is -2.48. The molecule has 1 aliphatic rings. The maximum atomic E-state index is 12.7. The van der Waals surface area contributed by atoms with Crippen molar-refractivity contribution in [3.8, 4) is 5.69 Å². The maximum absolute atomic E-state index is 12.7. The number of fused-ring (bicyclic) bond motifs is 1. The lowest BCUT2D eigenvalue weighted by Gasteiger charge is -2.33. The molecular weight excluding hydrogens is 382 g/mol. The number of nitrogens with zero attached hydrogens (tertiary/aromatic N) is 4. The van der Waals surface area contributed by atoms with Crippen molar-refractivity contribution in [3.63, 3.8) is 0 Å². The van der Waals surface area contributed by atoms with Crippen LogP contribution in [0.1, 0.15) is 44.9 Å². The van der Waals surface area contributed by atoms with Crippen LogP contribution < -0.4 is 10.2 Å². The van der Waals surface area contributed by atoms with Gasteiger partial charge in [-0.1, -0.05) is 29.0 Å². The predicted molar refractivity (Wildman–Crippen MR) is 119 cm³/mol. The van der Waals surface area contributed by atoms with Crippen LogP contribution >= 0.6 is 11.3 Å². The number of piperidine rings is 1. The molecule has 3 aromatic rings. The number of benzene rings is 1. The largest absolute Gasteiger partial charge is 0.351 e. The van der Waals surface area contributed by atoms with E-state index < -0.39 is 0 Å². The number of thiazole rings is 1. The van der Waals surface area contributed by atoms with Gasteiger partial charge in [-0.3, -0.25) is 4.79 Å². The van der Waals surface area contributed by atoms with Crippen molar-refractivity contribution in [3.05, 3.63) is 35.5 Å². The van der Waals surface area contributed by atoms with Crippen LogP contribution in [0.2, 0.25) is 0 Å². The highest BCUT2D eigenvalue weighted by Crippen LogP contribution is 2.34. The van der Waals surface area contributed by atoms with Gasteiger partial charge in [-0.05, 0) is 59.6 Å². The number of aromatic nitrogens is 3. The minimum Gasteiger partial charge on any atom is -0.351 e. The third-order valence-electron chi connectivity index (χ3n) is 5.22. The zero-order valence-corrected chi connectivity index (χ0v) is 18.6. The van der Waals surface area contributed by atoms with Gasteiger partial charge >= 0.3 is 0 Å². The molecule has 1 unspecified atom stereocenters. The van der Waals surface area contributed by atoms with Gasteiger partial charge in [0.25, 0.3) is 0 Å². The van der Waals surface area contributed by atoms with Crippen molar-refractivity contribution >= 4 is 32.7 Å². The van der Waals surface area contributed by atoms with Crippen molar-refractivity contribution < 1.29 is 4.79 Å². The van der Waals surface area contributed by atoms with E-state index in [-0.39, 0.29) is 17.4 Å². The first-order valence-electron chi connectivity index (χ1n) is 10.2. The first-order chi connectivity index (χ1) is 13.7. The number of anilines is 1. The molecule has 1 saturated heterocycles. The maximum Gasteiger partial charge on any atom is 0.225 e. The Morgan fingerprint density at radius 3 is 2.62 bits per heavy atom. The highest BCUT2D eigenvalue weighted by molar-refractivity contribution is 7.22. The molecule has 29 heavy (non-hydrogen) atoms. The Morgan fingerprint density at radius 1 is 1.21 bits per heavy atom. The van der Waals surface area contributed by atoms with Crippen molar-refractivity contribution in [2.45, 2.75) is 53.0 Å². The van der Waals surface area contributed by atoms with Crippen LogP contribution in [0, 0.1) is 19.8 Å². The average molecular weight is 412 g/mol. The number of rotatable bonds is 3. The Balaban J connectivity index is 1.60. The Bertz CT molecular complexity index is 1030. The van der Waals surface area contributed by atoms with E-state index in [4.69, 9.17) is 10.1 Å². The zero-order chi connectivity index (χ0) is 20.8. The summed E-state index contributed by atoms with van der Waals surface area (Å²) in [5, 5.41) is 8.81. The topological polar surface area (TPSA) is 63.1 Å². The molecule has 1 atom stereocenters. The smallest absolute Gasteiger partial charge is 0.225 e. The summed E-state index contributed by atoms with van der Waals surface area (Å²) in [5.41, 5.74) is 3.92. The van der Waals surface area contributed by atoms with Gasteiger partial charge in [0.1, 0.15) is 0 Å². The summed E-state index contributed by atoms with van der Waals surface area (Å²) in [4.78, 5) is 19.9. The fraction of sp³-hybridized carbons (Fsp3) is 0.500. The second kappa shape index (κ2) is 7.44. The fourth-order valence-corrected chi connectivity index (χ4v) is 4.78. The Morgan fingerprint density at radius 2 is 1.93 bits per heavy atom. The molecule has 4 rings (SSSR count). The summed E-state index contributed by atoms with van der Waals surface area (Å²) in [6, 6.07) is 8.34. The number of carbonyl (C=O) groups excluding carboxylic acids is 1. The number of hydrogen-bond donors (Lipinski definition) is 1. The lowest BCUT2D eigenvalue weighted by molar-refractivity contribution is -0.126. The van der Waals surface area contributed by atoms with Gasteiger partial charge in [0, 0.05) is 18.6 Å². The summed E-state index contributed by atoms with van der Waals surface area (Å²) < 4.78 is 3.04. The van der Waals surface area contributed by atoms with Gasteiger partial charge in [0.2, 0.25) is 5.91 Å². The van der Waals surface area contributed by atoms with Crippen LogP contribution in [0.4, 0.5) is 5.13 Å². The van der Waals surface area contributed by atoms with Crippen molar-refractivity contribution in [2.75, 3.05) is 18.0 Å². The van der Waals surface area contributed by atoms with E-state index in [0.717, 1.165) is 52.8 Å². The molecule has 1 fully saturated rings. The standard InChI is InChI=1S/C22H29N5OS/c1-14-8-10-17(11-9-14)27-19-18(15(2)25-27)29-21(23-19)26-12-6-7-16(13-26)20(28)24-22(3,4)5/h8-11,16H,6-7,12-13H2,1-5H3,(H,24,28). The second-order valence-corrected chi connectivity index (χ2v) is 9.98. The molecule has 1 N–H and O–H groups in total. The first kappa shape index (κ1) is 19.9. The molecule has 1 aromatic carbocycles. The minimum atomic E-state index is -0.205. The molecule has 0 spiro atoms. The Hall–Kier alpha value is -2.41. The number of amides is 1. The molecule has 1 amide bonds. The lowest BCUT2D eigenvalue weighted by atomic mass is 9.96. The van der Waals surface area contributed by atoms with E-state index in [1.165, 1.54) is 5.56 Å². The fourth-order valence-electron chi connectivity index (χ4n) is 3.76. The SMILES string of the molecule is Cc1ccc(-n2nc(C)c3sc(N4CCCC(C(=O)NC(C)(C)C)C4)nc32)cc1.